The topological polar surface area (TPSA) is 79.0 Å². The van der Waals surface area contributed by atoms with Crippen LogP contribution in [0.25, 0.3) is 0 Å². The lowest BCUT2D eigenvalue weighted by molar-refractivity contribution is -0.116. The SMILES string of the molecule is C[C@H]1CC[C@H](c2ccccc2)S(=O)(=O)N1Cc1cc(F)c(C2(c3nnc[nH]3)CC(F)(F)C2)cc1F. The highest BCUT2D eigenvalue weighted by Gasteiger charge is 2.61. The number of sulfonamides is 1. The van der Waals surface area contributed by atoms with Crippen LogP contribution < -0.4 is 0 Å². The number of halogens is 4. The van der Waals surface area contributed by atoms with Crippen LogP contribution in [0, 0.1) is 11.6 Å². The van der Waals surface area contributed by atoms with Gasteiger partial charge in [-0.15, -0.1) is 10.2 Å². The molecule has 0 bridgehead atoms. The van der Waals surface area contributed by atoms with Gasteiger partial charge < -0.3 is 4.98 Å². The maximum absolute atomic E-state index is 15.3. The molecule has 1 N–H and O–H groups in total. The minimum Gasteiger partial charge on any atom is -0.331 e. The lowest BCUT2D eigenvalue weighted by Gasteiger charge is -2.46. The van der Waals surface area contributed by atoms with E-state index in [1.54, 1.807) is 37.3 Å². The van der Waals surface area contributed by atoms with Crippen molar-refractivity contribution in [1.29, 1.82) is 0 Å². The van der Waals surface area contributed by atoms with E-state index in [1.807, 2.05) is 0 Å². The Kier molecular flexibility index (Phi) is 5.75. The second-order valence-electron chi connectivity index (χ2n) is 9.47. The Balaban J connectivity index is 1.48. The molecule has 1 saturated carbocycles. The summed E-state index contributed by atoms with van der Waals surface area (Å²) in [5.41, 5.74) is -1.30. The molecule has 6 nitrogen and oxygen atoms in total. The van der Waals surface area contributed by atoms with Crippen LogP contribution in [0.15, 0.2) is 48.8 Å². The van der Waals surface area contributed by atoms with E-state index in [0.717, 1.165) is 12.1 Å². The second-order valence-corrected chi connectivity index (χ2v) is 11.5. The standard InChI is InChI=1S/C24H24F4N4O2S/c1-15-7-8-21(16-5-3-2-4-6-16)35(33,34)32(15)11-17-9-20(26)18(10-19(17)25)23(12-24(27,28)13-23)22-29-14-30-31-22/h2-6,9-10,14-15,21H,7-8,11-13H2,1H3,(H,29,30,31)/t15-,21+/m0/s1. The molecule has 0 spiro atoms. The van der Waals surface area contributed by atoms with Crippen molar-refractivity contribution in [1.82, 2.24) is 19.5 Å². The average molecular weight is 509 g/mol. The van der Waals surface area contributed by atoms with Crippen molar-refractivity contribution in [2.24, 2.45) is 0 Å². The molecular weight excluding hydrogens is 484 g/mol. The Morgan fingerprint density at radius 2 is 1.80 bits per heavy atom. The largest absolute Gasteiger partial charge is 0.331 e. The summed E-state index contributed by atoms with van der Waals surface area (Å²) >= 11 is 0. The third kappa shape index (κ3) is 4.04. The predicted molar refractivity (Wildman–Crippen MR) is 120 cm³/mol. The number of alkyl halides is 2. The maximum Gasteiger partial charge on any atom is 0.250 e. The molecule has 2 aliphatic rings. The summed E-state index contributed by atoms with van der Waals surface area (Å²) in [7, 11) is -3.86. The van der Waals surface area contributed by atoms with E-state index < -0.39 is 57.1 Å². The van der Waals surface area contributed by atoms with Crippen molar-refractivity contribution in [2.45, 2.75) is 61.8 Å². The van der Waals surface area contributed by atoms with Crippen LogP contribution >= 0.6 is 0 Å². The number of aromatic nitrogens is 3. The fourth-order valence-electron chi connectivity index (χ4n) is 5.35. The third-order valence-electron chi connectivity index (χ3n) is 7.16. The first kappa shape index (κ1) is 23.9. The van der Waals surface area contributed by atoms with Gasteiger partial charge in [-0.25, -0.2) is 26.0 Å². The number of nitrogens with zero attached hydrogens (tertiary/aromatic N) is 3. The van der Waals surface area contributed by atoms with Crippen molar-refractivity contribution >= 4 is 10.0 Å². The van der Waals surface area contributed by atoms with Crippen LogP contribution in [0.5, 0.6) is 0 Å². The fraction of sp³-hybridized carbons (Fsp3) is 0.417. The van der Waals surface area contributed by atoms with E-state index in [2.05, 4.69) is 15.2 Å². The molecule has 3 aromatic rings. The summed E-state index contributed by atoms with van der Waals surface area (Å²) < 4.78 is 86.5. The molecule has 1 saturated heterocycles. The highest BCUT2D eigenvalue weighted by atomic mass is 32.2. The third-order valence-corrected chi connectivity index (χ3v) is 9.53. The molecule has 0 unspecified atom stereocenters. The molecule has 0 amide bonds. The van der Waals surface area contributed by atoms with Crippen molar-refractivity contribution in [3.63, 3.8) is 0 Å². The summed E-state index contributed by atoms with van der Waals surface area (Å²) in [5.74, 6) is -4.76. The lowest BCUT2D eigenvalue weighted by Crippen LogP contribution is -2.51. The van der Waals surface area contributed by atoms with Gasteiger partial charge in [0.15, 0.2) is 0 Å². The first-order valence-electron chi connectivity index (χ1n) is 11.3. The van der Waals surface area contributed by atoms with Crippen LogP contribution in [-0.2, 0) is 22.0 Å². The number of aromatic amines is 1. The van der Waals surface area contributed by atoms with E-state index in [-0.39, 0.29) is 23.5 Å². The highest BCUT2D eigenvalue weighted by molar-refractivity contribution is 7.89. The van der Waals surface area contributed by atoms with Crippen molar-refractivity contribution in [3.05, 3.63) is 82.9 Å². The number of hydrogen-bond acceptors (Lipinski definition) is 4. The monoisotopic (exact) mass is 508 g/mol. The summed E-state index contributed by atoms with van der Waals surface area (Å²) in [4.78, 5) is 2.65. The molecule has 0 radical (unpaired) electrons. The van der Waals surface area contributed by atoms with Gasteiger partial charge in [0, 0.05) is 36.6 Å². The molecule has 2 atom stereocenters. The number of nitrogens with one attached hydrogen (secondary N) is 1. The van der Waals surface area contributed by atoms with Gasteiger partial charge in [0.1, 0.15) is 29.0 Å². The van der Waals surface area contributed by atoms with E-state index in [1.165, 1.54) is 10.6 Å². The molecule has 2 aromatic carbocycles. The molecule has 1 aliphatic heterocycles. The van der Waals surface area contributed by atoms with Crippen LogP contribution in [-0.4, -0.2) is 39.9 Å². The van der Waals surface area contributed by atoms with Crippen LogP contribution in [0.3, 0.4) is 0 Å². The Labute approximate surface area is 200 Å². The molecule has 2 fully saturated rings. The number of H-pyrrole nitrogens is 1. The first-order valence-corrected chi connectivity index (χ1v) is 12.8. The molecule has 2 heterocycles. The summed E-state index contributed by atoms with van der Waals surface area (Å²) in [5, 5.41) is 6.62. The lowest BCUT2D eigenvalue weighted by atomic mass is 9.61. The summed E-state index contributed by atoms with van der Waals surface area (Å²) in [6, 6.07) is 10.2. The normalized spacial score (nSPS) is 25.2. The van der Waals surface area contributed by atoms with E-state index in [0.29, 0.717) is 18.4 Å². The predicted octanol–water partition coefficient (Wildman–Crippen LogP) is 4.85. The van der Waals surface area contributed by atoms with Gasteiger partial charge >= 0.3 is 0 Å². The zero-order chi connectivity index (χ0) is 25.0. The van der Waals surface area contributed by atoms with Gasteiger partial charge in [-0.05, 0) is 37.5 Å². The molecule has 5 rings (SSSR count). The second kappa shape index (κ2) is 8.41. The van der Waals surface area contributed by atoms with Crippen molar-refractivity contribution in [2.75, 3.05) is 0 Å². The van der Waals surface area contributed by atoms with Gasteiger partial charge in [-0.3, -0.25) is 0 Å². The molecule has 35 heavy (non-hydrogen) atoms. The van der Waals surface area contributed by atoms with E-state index in [4.69, 9.17) is 0 Å². The number of hydrogen-bond donors (Lipinski definition) is 1. The molecule has 1 aromatic heterocycles. The quantitative estimate of drug-likeness (QED) is 0.500. The summed E-state index contributed by atoms with van der Waals surface area (Å²) in [6.45, 7) is 1.37. The van der Waals surface area contributed by atoms with Crippen LogP contribution in [0.4, 0.5) is 17.6 Å². The average Bonchev–Trinajstić information content (AvgIpc) is 3.32. The fourth-order valence-corrected chi connectivity index (χ4v) is 7.54. The zero-order valence-corrected chi connectivity index (χ0v) is 19.7. The van der Waals surface area contributed by atoms with Crippen molar-refractivity contribution in [3.8, 4) is 0 Å². The van der Waals surface area contributed by atoms with Gasteiger partial charge in [0.05, 0.1) is 5.41 Å². The number of rotatable bonds is 5. The Morgan fingerprint density at radius 1 is 1.09 bits per heavy atom. The Bertz CT molecular complexity index is 1330. The summed E-state index contributed by atoms with van der Waals surface area (Å²) in [6.07, 6.45) is 0.711. The van der Waals surface area contributed by atoms with E-state index >= 15 is 8.78 Å². The minimum absolute atomic E-state index is 0.0346. The molecular formula is C24H24F4N4O2S. The van der Waals surface area contributed by atoms with Gasteiger partial charge in [-0.1, -0.05) is 30.3 Å². The smallest absolute Gasteiger partial charge is 0.250 e. The highest BCUT2D eigenvalue weighted by Crippen LogP contribution is 2.56. The zero-order valence-electron chi connectivity index (χ0n) is 18.9. The minimum atomic E-state index is -3.86. The maximum atomic E-state index is 15.3. The van der Waals surface area contributed by atoms with Gasteiger partial charge in [0.2, 0.25) is 10.0 Å². The Hall–Kier alpha value is -2.79. The Morgan fingerprint density at radius 3 is 2.43 bits per heavy atom. The van der Waals surface area contributed by atoms with Crippen molar-refractivity contribution < 1.29 is 26.0 Å². The van der Waals surface area contributed by atoms with Crippen LogP contribution in [0.2, 0.25) is 0 Å². The van der Waals surface area contributed by atoms with Crippen LogP contribution in [0.1, 0.15) is 60.4 Å². The number of benzene rings is 2. The van der Waals surface area contributed by atoms with Gasteiger partial charge in [-0.2, -0.15) is 4.31 Å². The first-order chi connectivity index (χ1) is 16.5. The molecule has 186 valence electrons. The molecule has 11 heteroatoms. The molecule has 1 aliphatic carbocycles. The van der Waals surface area contributed by atoms with Gasteiger partial charge in [0.25, 0.3) is 5.92 Å². The van der Waals surface area contributed by atoms with E-state index in [9.17, 15) is 17.2 Å².